The van der Waals surface area contributed by atoms with Crippen LogP contribution in [0.2, 0.25) is 0 Å². The van der Waals surface area contributed by atoms with Crippen molar-refractivity contribution >= 4 is 20.9 Å². The number of hydrogen-bond acceptors (Lipinski definition) is 4. The minimum absolute atomic E-state index is 0.0326. The van der Waals surface area contributed by atoms with E-state index in [1.165, 1.54) is 25.7 Å². The Morgan fingerprint density at radius 1 is 0.967 bits per heavy atom. The van der Waals surface area contributed by atoms with Gasteiger partial charge in [0, 0.05) is 5.56 Å². The van der Waals surface area contributed by atoms with Gasteiger partial charge in [0.2, 0.25) is 0 Å². The molecule has 0 heterocycles. The molecule has 2 unspecified atom stereocenters. The van der Waals surface area contributed by atoms with Crippen LogP contribution in [0.5, 0.6) is 0 Å². The van der Waals surface area contributed by atoms with Gasteiger partial charge in [-0.3, -0.25) is 9.59 Å². The molecule has 2 rings (SSSR count). The van der Waals surface area contributed by atoms with Gasteiger partial charge in [-0.2, -0.15) is 0 Å². The second kappa shape index (κ2) is 14.6. The quantitative estimate of drug-likeness (QED) is 0.132. The zero-order chi connectivity index (χ0) is 22.5. The van der Waals surface area contributed by atoms with Crippen molar-refractivity contribution in [1.29, 1.82) is 0 Å². The summed E-state index contributed by atoms with van der Waals surface area (Å²) in [6.45, 7) is 8.63. The monoisotopic (exact) mass is 436 g/mol. The first-order chi connectivity index (χ1) is 14.5. The van der Waals surface area contributed by atoms with Crippen LogP contribution in [0.25, 0.3) is 0 Å². The minimum atomic E-state index is -0.636. The number of esters is 1. The van der Waals surface area contributed by atoms with Gasteiger partial charge in [-0.15, -0.1) is 0 Å². The molecule has 0 saturated heterocycles. The maximum absolute atomic E-state index is 13.4. The molecule has 2 atom stereocenters. The third-order valence-corrected chi connectivity index (χ3v) is 6.07. The molecule has 0 aromatic heterocycles. The molecule has 0 N–H and O–H groups in total. The fourth-order valence-electron chi connectivity index (χ4n) is 4.67. The Morgan fingerprint density at radius 3 is 2.07 bits per heavy atom. The summed E-state index contributed by atoms with van der Waals surface area (Å²) >= 11 is 0. The summed E-state index contributed by atoms with van der Waals surface area (Å²) in [5.41, 5.74) is 3.80. The molecule has 0 radical (unpaired) electrons. The third-order valence-electron chi connectivity index (χ3n) is 6.07. The van der Waals surface area contributed by atoms with Crippen molar-refractivity contribution in [2.24, 2.45) is 11.8 Å². The molecular formula is C25H41O4P. The molecule has 1 aliphatic rings. The van der Waals surface area contributed by atoms with Gasteiger partial charge in [0.1, 0.15) is 5.92 Å². The van der Waals surface area contributed by atoms with E-state index in [1.807, 2.05) is 32.9 Å². The maximum Gasteiger partial charge on any atom is 0.317 e. The molecule has 4 nitrogen and oxygen atoms in total. The van der Waals surface area contributed by atoms with E-state index in [2.05, 4.69) is 6.92 Å². The molecule has 170 valence electrons. The Morgan fingerprint density at radius 2 is 1.50 bits per heavy atom. The van der Waals surface area contributed by atoms with E-state index >= 15 is 0 Å². The molecule has 0 aliphatic heterocycles. The van der Waals surface area contributed by atoms with Crippen LogP contribution in [0.4, 0.5) is 0 Å². The highest BCUT2D eigenvalue weighted by Gasteiger charge is 2.38. The van der Waals surface area contributed by atoms with Crippen molar-refractivity contribution in [2.75, 3.05) is 6.61 Å². The molecule has 1 aromatic carbocycles. The molecule has 30 heavy (non-hydrogen) atoms. The van der Waals surface area contributed by atoms with Crippen molar-refractivity contribution in [3.63, 3.8) is 0 Å². The van der Waals surface area contributed by atoms with Gasteiger partial charge in [-0.05, 0) is 57.1 Å². The van der Waals surface area contributed by atoms with E-state index in [4.69, 9.17) is 9.30 Å². The van der Waals surface area contributed by atoms with E-state index in [0.717, 1.165) is 60.8 Å². The minimum Gasteiger partial charge on any atom is -0.465 e. The van der Waals surface area contributed by atoms with Crippen molar-refractivity contribution in [1.82, 2.24) is 0 Å². The largest absolute Gasteiger partial charge is 0.465 e. The van der Waals surface area contributed by atoms with E-state index in [-0.39, 0.29) is 17.7 Å². The van der Waals surface area contributed by atoms with Gasteiger partial charge in [-0.1, -0.05) is 69.6 Å². The number of aryl methyl sites for hydroxylation is 3. The topological polar surface area (TPSA) is 60.4 Å². The number of benzene rings is 1. The Kier molecular flexibility index (Phi) is 12.9. The van der Waals surface area contributed by atoms with Crippen LogP contribution in [0, 0.1) is 32.6 Å². The second-order valence-corrected chi connectivity index (χ2v) is 8.60. The van der Waals surface area contributed by atoms with Crippen molar-refractivity contribution in [3.8, 4) is 0 Å². The van der Waals surface area contributed by atoms with Gasteiger partial charge in [0.15, 0.2) is 5.78 Å². The molecule has 1 aromatic rings. The standard InChI is InChI=1S/C25H38O3.H3OP/c1-5-6-7-8-9-12-15-28-25(27)23(21-13-10-11-14-21)24(26)22-19(3)16-18(2)17-20(22)4;1-2/h16-17,21,23H,5-15H2,1-4H3;2H3. The fourth-order valence-corrected chi connectivity index (χ4v) is 4.67. The number of hydrogen-bond donors (Lipinski definition) is 0. The highest BCUT2D eigenvalue weighted by Crippen LogP contribution is 2.35. The SMILES string of the molecule is CCCCCCCCOC(=O)C(C(=O)c1c(C)cc(C)cc1C)C1CCCC1.O=[PH3]. The fraction of sp³-hybridized carbons (Fsp3) is 0.680. The summed E-state index contributed by atoms with van der Waals surface area (Å²) in [5.74, 6) is -0.841. The summed E-state index contributed by atoms with van der Waals surface area (Å²) in [6, 6.07) is 4.07. The highest BCUT2D eigenvalue weighted by atomic mass is 31.0. The lowest BCUT2D eigenvalue weighted by molar-refractivity contribution is -0.148. The molecule has 1 fully saturated rings. The third kappa shape index (κ3) is 8.02. The normalized spacial score (nSPS) is 14.8. The number of carbonyl (C=O) groups excluding carboxylic acids is 2. The highest BCUT2D eigenvalue weighted by molar-refractivity contribution is 7.00. The number of ketones is 1. The maximum atomic E-state index is 13.4. The van der Waals surface area contributed by atoms with Gasteiger partial charge in [0.05, 0.1) is 15.7 Å². The van der Waals surface area contributed by atoms with E-state index in [9.17, 15) is 9.59 Å². The van der Waals surface area contributed by atoms with Crippen molar-refractivity contribution in [2.45, 2.75) is 91.9 Å². The van der Waals surface area contributed by atoms with E-state index in [1.54, 1.807) is 0 Å². The van der Waals surface area contributed by atoms with Crippen LogP contribution in [-0.4, -0.2) is 18.4 Å². The molecule has 0 amide bonds. The average Bonchev–Trinajstić information content (AvgIpc) is 3.22. The second-order valence-electron chi connectivity index (χ2n) is 8.60. The Hall–Kier alpha value is -1.41. The lowest BCUT2D eigenvalue weighted by Crippen LogP contribution is -2.33. The predicted octanol–water partition coefficient (Wildman–Crippen LogP) is 6.44. The summed E-state index contributed by atoms with van der Waals surface area (Å²) < 4.78 is 13.9. The molecule has 1 saturated carbocycles. The van der Waals surface area contributed by atoms with Crippen LogP contribution in [0.15, 0.2) is 12.1 Å². The molecular weight excluding hydrogens is 395 g/mol. The zero-order valence-electron chi connectivity index (χ0n) is 19.4. The summed E-state index contributed by atoms with van der Waals surface area (Å²) in [5, 5.41) is 0. The summed E-state index contributed by atoms with van der Waals surface area (Å²) in [7, 11) is 0.611. The molecule has 0 bridgehead atoms. The van der Waals surface area contributed by atoms with E-state index in [0.29, 0.717) is 15.7 Å². The first-order valence-corrected chi connectivity index (χ1v) is 12.1. The Balaban J connectivity index is 0.00000218. The average molecular weight is 437 g/mol. The summed E-state index contributed by atoms with van der Waals surface area (Å²) in [4.78, 5) is 26.4. The lowest BCUT2D eigenvalue weighted by atomic mass is 9.82. The van der Waals surface area contributed by atoms with Crippen LogP contribution in [0.1, 0.15) is 98.2 Å². The lowest BCUT2D eigenvalue weighted by Gasteiger charge is -2.23. The Labute approximate surface area is 184 Å². The number of rotatable bonds is 11. The number of ether oxygens (including phenoxy) is 1. The van der Waals surface area contributed by atoms with Crippen LogP contribution in [0.3, 0.4) is 0 Å². The van der Waals surface area contributed by atoms with Crippen molar-refractivity contribution in [3.05, 3.63) is 34.4 Å². The summed E-state index contributed by atoms with van der Waals surface area (Å²) in [6.07, 6.45) is 11.0. The van der Waals surface area contributed by atoms with Gasteiger partial charge in [0.25, 0.3) is 0 Å². The smallest absolute Gasteiger partial charge is 0.317 e. The first kappa shape index (κ1) is 26.6. The number of unbranched alkanes of at least 4 members (excludes halogenated alkanes) is 5. The van der Waals surface area contributed by atoms with Crippen LogP contribution >= 0.6 is 9.12 Å². The number of Topliss-reactive ketones (excluding diaryl/α,β-unsaturated/α-hetero) is 1. The molecule has 0 spiro atoms. The number of carbonyl (C=O) groups is 2. The zero-order valence-corrected chi connectivity index (χ0v) is 20.8. The molecule has 1 aliphatic carbocycles. The van der Waals surface area contributed by atoms with Gasteiger partial charge in [-0.25, -0.2) is 0 Å². The molecule has 5 heteroatoms. The van der Waals surface area contributed by atoms with Crippen molar-refractivity contribution < 1.29 is 18.9 Å². The van der Waals surface area contributed by atoms with Crippen LogP contribution in [-0.2, 0) is 14.1 Å². The Bertz CT molecular complexity index is 657. The van der Waals surface area contributed by atoms with Gasteiger partial charge >= 0.3 is 5.97 Å². The van der Waals surface area contributed by atoms with Gasteiger partial charge < -0.3 is 9.30 Å². The first-order valence-electron chi connectivity index (χ1n) is 11.5. The van der Waals surface area contributed by atoms with E-state index < -0.39 is 5.92 Å². The van der Waals surface area contributed by atoms with Crippen LogP contribution < -0.4 is 0 Å². The predicted molar refractivity (Wildman–Crippen MR) is 127 cm³/mol.